The Bertz CT molecular complexity index is 569. The van der Waals surface area contributed by atoms with Crippen LogP contribution in [0.1, 0.15) is 57.4 Å². The molecule has 152 valence electrons. The predicted octanol–water partition coefficient (Wildman–Crippen LogP) is 3.72. The molecule has 1 saturated heterocycles. The number of carbonyl (C=O) groups is 1. The largest absolute Gasteiger partial charge is 0.375 e. The maximum atomic E-state index is 13.2. The fourth-order valence-electron chi connectivity index (χ4n) is 4.64. The van der Waals surface area contributed by atoms with Gasteiger partial charge in [-0.2, -0.15) is 0 Å². The number of nitrogens with zero attached hydrogens (tertiary/aromatic N) is 1. The summed E-state index contributed by atoms with van der Waals surface area (Å²) in [5.74, 6) is 0.335. The summed E-state index contributed by atoms with van der Waals surface area (Å²) < 4.78 is 0. The summed E-state index contributed by atoms with van der Waals surface area (Å²) in [6, 6.07) is 9.56. The molecular weight excluding hydrogens is 360 g/mol. The van der Waals surface area contributed by atoms with E-state index in [1.165, 1.54) is 6.42 Å². The van der Waals surface area contributed by atoms with Gasteiger partial charge in [-0.05, 0) is 56.8 Å². The summed E-state index contributed by atoms with van der Waals surface area (Å²) >= 11 is 0. The summed E-state index contributed by atoms with van der Waals surface area (Å²) in [6.07, 6.45) is 7.51. The van der Waals surface area contributed by atoms with Crippen LogP contribution in [0.5, 0.6) is 0 Å². The third-order valence-electron chi connectivity index (χ3n) is 6.46. The molecule has 5 heteroatoms. The van der Waals surface area contributed by atoms with Crippen molar-refractivity contribution in [3.05, 3.63) is 35.9 Å². The highest BCUT2D eigenvalue weighted by atomic mass is 35.5. The topological polar surface area (TPSA) is 52.6 Å². The Morgan fingerprint density at radius 1 is 1.11 bits per heavy atom. The number of halogens is 1. The van der Waals surface area contributed by atoms with Crippen molar-refractivity contribution < 1.29 is 9.90 Å². The van der Waals surface area contributed by atoms with E-state index >= 15 is 0 Å². The number of hydrogen-bond acceptors (Lipinski definition) is 3. The highest BCUT2D eigenvalue weighted by molar-refractivity contribution is 5.86. The summed E-state index contributed by atoms with van der Waals surface area (Å²) in [4.78, 5) is 15.6. The third-order valence-corrected chi connectivity index (χ3v) is 6.46. The van der Waals surface area contributed by atoms with Crippen LogP contribution in [0.25, 0.3) is 0 Å². The van der Waals surface area contributed by atoms with Gasteiger partial charge in [0.05, 0.1) is 0 Å². The van der Waals surface area contributed by atoms with Gasteiger partial charge >= 0.3 is 0 Å². The van der Waals surface area contributed by atoms with Crippen LogP contribution in [0.3, 0.4) is 0 Å². The zero-order valence-electron chi connectivity index (χ0n) is 16.5. The lowest BCUT2D eigenvalue weighted by Crippen LogP contribution is -2.51. The average Bonchev–Trinajstić information content (AvgIpc) is 2.73. The van der Waals surface area contributed by atoms with Crippen LogP contribution in [0.15, 0.2) is 30.3 Å². The standard InChI is InChI=1S/C22H34N2O2.ClH/c1-2-24-15-13-18(14-16-24)17-23-21(25)22(26,19-9-5-3-6-10-19)20-11-7-4-8-12-20;/h3,5-6,9-10,18,20,26H,2,4,7-8,11-17H2,1H3,(H,23,25);1H. The van der Waals surface area contributed by atoms with Crippen molar-refractivity contribution in [1.82, 2.24) is 10.2 Å². The van der Waals surface area contributed by atoms with E-state index in [1.54, 1.807) is 0 Å². The lowest BCUT2D eigenvalue weighted by Gasteiger charge is -2.38. The van der Waals surface area contributed by atoms with E-state index in [-0.39, 0.29) is 24.2 Å². The summed E-state index contributed by atoms with van der Waals surface area (Å²) in [5.41, 5.74) is -0.656. The lowest BCUT2D eigenvalue weighted by atomic mass is 9.72. The predicted molar refractivity (Wildman–Crippen MR) is 112 cm³/mol. The zero-order valence-corrected chi connectivity index (χ0v) is 17.3. The van der Waals surface area contributed by atoms with Crippen LogP contribution < -0.4 is 5.32 Å². The molecule has 0 bridgehead atoms. The first-order valence-corrected chi connectivity index (χ1v) is 10.4. The van der Waals surface area contributed by atoms with E-state index in [1.807, 2.05) is 30.3 Å². The van der Waals surface area contributed by atoms with Crippen molar-refractivity contribution in [2.45, 2.75) is 57.5 Å². The molecule has 0 radical (unpaired) electrons. The molecule has 2 fully saturated rings. The Morgan fingerprint density at radius 3 is 2.33 bits per heavy atom. The number of likely N-dealkylation sites (tertiary alicyclic amines) is 1. The minimum absolute atomic E-state index is 0. The first-order valence-electron chi connectivity index (χ1n) is 10.4. The van der Waals surface area contributed by atoms with Gasteiger partial charge in [-0.3, -0.25) is 4.79 Å². The van der Waals surface area contributed by atoms with Crippen molar-refractivity contribution in [3.63, 3.8) is 0 Å². The van der Waals surface area contributed by atoms with Gasteiger partial charge in [0.2, 0.25) is 0 Å². The Hall–Kier alpha value is -1.10. The van der Waals surface area contributed by atoms with Gasteiger partial charge in [0.25, 0.3) is 5.91 Å². The van der Waals surface area contributed by atoms with Crippen molar-refractivity contribution >= 4 is 18.3 Å². The van der Waals surface area contributed by atoms with Crippen molar-refractivity contribution in [3.8, 4) is 0 Å². The van der Waals surface area contributed by atoms with Gasteiger partial charge in [-0.1, -0.05) is 56.5 Å². The van der Waals surface area contributed by atoms with Crippen LogP contribution in [0.4, 0.5) is 0 Å². The SMILES string of the molecule is CCN1CCC(CNC(=O)C(O)(c2ccccc2)C2CCCCC2)CC1.Cl. The van der Waals surface area contributed by atoms with Gasteiger partial charge in [0.15, 0.2) is 5.60 Å². The van der Waals surface area contributed by atoms with Crippen molar-refractivity contribution in [1.29, 1.82) is 0 Å². The Kier molecular flexibility index (Phi) is 8.59. The highest BCUT2D eigenvalue weighted by Gasteiger charge is 2.45. The maximum Gasteiger partial charge on any atom is 0.256 e. The molecule has 2 N–H and O–H groups in total. The fraction of sp³-hybridized carbons (Fsp3) is 0.682. The number of piperidine rings is 1. The molecule has 1 aromatic rings. The number of rotatable bonds is 6. The quantitative estimate of drug-likeness (QED) is 0.773. The van der Waals surface area contributed by atoms with E-state index in [9.17, 15) is 9.90 Å². The van der Waals surface area contributed by atoms with Crippen LogP contribution in [-0.4, -0.2) is 42.1 Å². The number of carbonyl (C=O) groups excluding carboxylic acids is 1. The van der Waals surface area contributed by atoms with E-state index in [0.717, 1.165) is 63.7 Å². The fourth-order valence-corrected chi connectivity index (χ4v) is 4.64. The molecule has 1 aliphatic carbocycles. The van der Waals surface area contributed by atoms with Gasteiger partial charge in [0.1, 0.15) is 0 Å². The molecule has 4 nitrogen and oxygen atoms in total. The van der Waals surface area contributed by atoms with E-state index in [2.05, 4.69) is 17.1 Å². The Balaban J connectivity index is 0.00000261. The second kappa shape index (κ2) is 10.4. The maximum absolute atomic E-state index is 13.2. The molecule has 1 atom stereocenters. The second-order valence-corrected chi connectivity index (χ2v) is 8.06. The second-order valence-electron chi connectivity index (χ2n) is 8.06. The van der Waals surface area contributed by atoms with Crippen LogP contribution in [0, 0.1) is 11.8 Å². The molecule has 1 amide bonds. The van der Waals surface area contributed by atoms with Gasteiger partial charge in [0, 0.05) is 12.5 Å². The van der Waals surface area contributed by atoms with Crippen LogP contribution in [0.2, 0.25) is 0 Å². The van der Waals surface area contributed by atoms with Gasteiger partial charge < -0.3 is 15.3 Å². The number of hydrogen-bond donors (Lipinski definition) is 2. The minimum atomic E-state index is -1.40. The van der Waals surface area contributed by atoms with Gasteiger partial charge in [-0.15, -0.1) is 12.4 Å². The summed E-state index contributed by atoms with van der Waals surface area (Å²) in [6.45, 7) is 6.21. The first kappa shape index (κ1) is 22.2. The zero-order chi connectivity index (χ0) is 18.4. The Morgan fingerprint density at radius 2 is 1.74 bits per heavy atom. The highest BCUT2D eigenvalue weighted by Crippen LogP contribution is 2.39. The van der Waals surface area contributed by atoms with Crippen LogP contribution >= 0.6 is 12.4 Å². The molecule has 1 aromatic carbocycles. The minimum Gasteiger partial charge on any atom is -0.375 e. The molecule has 0 spiro atoms. The van der Waals surface area contributed by atoms with E-state index < -0.39 is 5.60 Å². The number of aliphatic hydroxyl groups is 1. The molecule has 1 heterocycles. The Labute approximate surface area is 170 Å². The van der Waals surface area contributed by atoms with Crippen molar-refractivity contribution in [2.75, 3.05) is 26.2 Å². The molecule has 1 saturated carbocycles. The molecule has 0 aromatic heterocycles. The smallest absolute Gasteiger partial charge is 0.256 e. The summed E-state index contributed by atoms with van der Waals surface area (Å²) in [5, 5.41) is 14.7. The van der Waals surface area contributed by atoms with Crippen LogP contribution in [-0.2, 0) is 10.4 Å². The molecule has 1 aliphatic heterocycles. The number of benzene rings is 1. The molecule has 2 aliphatic rings. The average molecular weight is 395 g/mol. The molecule has 1 unspecified atom stereocenters. The van der Waals surface area contributed by atoms with Gasteiger partial charge in [-0.25, -0.2) is 0 Å². The lowest BCUT2D eigenvalue weighted by molar-refractivity contribution is -0.149. The van der Waals surface area contributed by atoms with E-state index in [0.29, 0.717) is 12.5 Å². The number of nitrogens with one attached hydrogen (secondary N) is 1. The van der Waals surface area contributed by atoms with Crippen molar-refractivity contribution in [2.24, 2.45) is 11.8 Å². The first-order chi connectivity index (χ1) is 12.6. The normalized spacial score (nSPS) is 21.9. The third kappa shape index (κ3) is 5.24. The molecule has 27 heavy (non-hydrogen) atoms. The summed E-state index contributed by atoms with van der Waals surface area (Å²) in [7, 11) is 0. The number of amides is 1. The monoisotopic (exact) mass is 394 g/mol. The molecular formula is C22H35ClN2O2. The molecule has 3 rings (SSSR count). The van der Waals surface area contributed by atoms with E-state index in [4.69, 9.17) is 0 Å².